The van der Waals surface area contributed by atoms with E-state index in [1.807, 2.05) is 13.8 Å². The molecule has 3 amide bonds. The predicted molar refractivity (Wildman–Crippen MR) is 118 cm³/mol. The minimum Gasteiger partial charge on any atom is -0.490 e. The van der Waals surface area contributed by atoms with Gasteiger partial charge >= 0.3 is 5.97 Å². The first-order valence-corrected chi connectivity index (χ1v) is 10.7. The molecule has 11 heteroatoms. The molecule has 10 nitrogen and oxygen atoms in total. The molecule has 1 atom stereocenters. The van der Waals surface area contributed by atoms with Crippen LogP contribution in [0.15, 0.2) is 29.6 Å². The third kappa shape index (κ3) is 6.71. The summed E-state index contributed by atoms with van der Waals surface area (Å²) in [6.45, 7) is 5.40. The van der Waals surface area contributed by atoms with Crippen molar-refractivity contribution in [1.29, 1.82) is 0 Å². The Morgan fingerprint density at radius 2 is 1.75 bits per heavy atom. The zero-order valence-corrected chi connectivity index (χ0v) is 18.7. The van der Waals surface area contributed by atoms with E-state index < -0.39 is 36.3 Å². The smallest absolute Gasteiger partial charge is 0.326 e. The molecule has 0 bridgehead atoms. The molecule has 1 heterocycles. The molecule has 4 N–H and O–H groups in total. The maximum absolute atomic E-state index is 12.4. The SMILES string of the molecule is CCOc1ccc(C(=O)NCC(=O)OC(C)C(=O)Nc2sccc2C(N)=O)cc1OCC. The standard InChI is InChI=1S/C21H25N3O7S/c1-4-29-15-7-6-13(10-16(15)30-5-2)20(28)23-11-17(25)31-12(3)19(27)24-21-14(18(22)26)8-9-32-21/h6-10,12H,4-5,11H2,1-3H3,(H2,22,26)(H,23,28)(H,24,27). The van der Waals surface area contributed by atoms with Gasteiger partial charge in [0.1, 0.15) is 11.5 Å². The number of amides is 3. The van der Waals surface area contributed by atoms with E-state index in [0.29, 0.717) is 24.7 Å². The van der Waals surface area contributed by atoms with Gasteiger partial charge in [-0.05, 0) is 50.4 Å². The quantitative estimate of drug-likeness (QED) is 0.432. The molecule has 0 aliphatic carbocycles. The van der Waals surface area contributed by atoms with Crippen LogP contribution in [-0.4, -0.2) is 49.6 Å². The van der Waals surface area contributed by atoms with E-state index in [9.17, 15) is 19.2 Å². The van der Waals surface area contributed by atoms with Crippen LogP contribution in [0.2, 0.25) is 0 Å². The van der Waals surface area contributed by atoms with Crippen molar-refractivity contribution in [3.05, 3.63) is 40.8 Å². The summed E-state index contributed by atoms with van der Waals surface area (Å²) in [5.74, 6) is -1.72. The van der Waals surface area contributed by atoms with Crippen LogP contribution in [0.5, 0.6) is 11.5 Å². The van der Waals surface area contributed by atoms with Gasteiger partial charge in [0.15, 0.2) is 17.6 Å². The third-order valence-corrected chi connectivity index (χ3v) is 4.87. The van der Waals surface area contributed by atoms with Gasteiger partial charge in [0.05, 0.1) is 18.8 Å². The number of esters is 1. The number of nitrogens with two attached hydrogens (primary N) is 1. The molecule has 1 unspecified atom stereocenters. The molecule has 1 aromatic heterocycles. The molecule has 2 aromatic rings. The maximum atomic E-state index is 12.4. The van der Waals surface area contributed by atoms with Crippen molar-refractivity contribution in [2.24, 2.45) is 5.73 Å². The summed E-state index contributed by atoms with van der Waals surface area (Å²) in [6, 6.07) is 6.15. The Morgan fingerprint density at radius 1 is 1.06 bits per heavy atom. The van der Waals surface area contributed by atoms with E-state index in [-0.39, 0.29) is 16.1 Å². The van der Waals surface area contributed by atoms with Gasteiger partial charge in [0, 0.05) is 5.56 Å². The summed E-state index contributed by atoms with van der Waals surface area (Å²) in [7, 11) is 0. The number of hydrogen-bond donors (Lipinski definition) is 3. The molecule has 0 aliphatic heterocycles. The number of nitrogens with one attached hydrogen (secondary N) is 2. The minimum atomic E-state index is -1.16. The van der Waals surface area contributed by atoms with Gasteiger partial charge in [-0.2, -0.15) is 0 Å². The van der Waals surface area contributed by atoms with Crippen molar-refractivity contribution in [2.45, 2.75) is 26.9 Å². The molecule has 0 saturated carbocycles. The Balaban J connectivity index is 1.89. The largest absolute Gasteiger partial charge is 0.490 e. The van der Waals surface area contributed by atoms with E-state index in [2.05, 4.69) is 10.6 Å². The monoisotopic (exact) mass is 463 g/mol. The molecule has 0 radical (unpaired) electrons. The van der Waals surface area contributed by atoms with Gasteiger partial charge in [-0.25, -0.2) is 0 Å². The highest BCUT2D eigenvalue weighted by molar-refractivity contribution is 7.14. The Labute approximate surface area is 189 Å². The molecule has 0 saturated heterocycles. The Kier molecular flexibility index (Phi) is 9.02. The number of hydrogen-bond acceptors (Lipinski definition) is 8. The summed E-state index contributed by atoms with van der Waals surface area (Å²) < 4.78 is 16.0. The first-order valence-electron chi connectivity index (χ1n) is 9.82. The van der Waals surface area contributed by atoms with Gasteiger partial charge < -0.3 is 30.6 Å². The number of primary amides is 1. The predicted octanol–water partition coefficient (Wildman–Crippen LogP) is 1.94. The van der Waals surface area contributed by atoms with Gasteiger partial charge in [0.25, 0.3) is 17.7 Å². The Hall–Kier alpha value is -3.60. The lowest BCUT2D eigenvalue weighted by molar-refractivity contribution is -0.152. The molecular weight excluding hydrogens is 438 g/mol. The zero-order chi connectivity index (χ0) is 23.7. The zero-order valence-electron chi connectivity index (χ0n) is 17.9. The molecule has 0 aliphatic rings. The first-order chi connectivity index (χ1) is 15.3. The number of rotatable bonds is 11. The summed E-state index contributed by atoms with van der Waals surface area (Å²) in [6.07, 6.45) is -1.16. The van der Waals surface area contributed by atoms with E-state index in [4.69, 9.17) is 19.9 Å². The van der Waals surface area contributed by atoms with Crippen molar-refractivity contribution in [1.82, 2.24) is 5.32 Å². The average molecular weight is 464 g/mol. The van der Waals surface area contributed by atoms with Crippen LogP contribution in [0.3, 0.4) is 0 Å². The van der Waals surface area contributed by atoms with Crippen LogP contribution in [0, 0.1) is 0 Å². The maximum Gasteiger partial charge on any atom is 0.326 e. The van der Waals surface area contributed by atoms with E-state index >= 15 is 0 Å². The highest BCUT2D eigenvalue weighted by atomic mass is 32.1. The van der Waals surface area contributed by atoms with Gasteiger partial charge in [-0.1, -0.05) is 0 Å². The molecule has 0 spiro atoms. The topological polar surface area (TPSA) is 146 Å². The second-order valence-corrected chi connectivity index (χ2v) is 7.28. The minimum absolute atomic E-state index is 0.163. The number of carbonyl (C=O) groups excluding carboxylic acids is 4. The van der Waals surface area contributed by atoms with E-state index in [1.165, 1.54) is 19.1 Å². The summed E-state index contributed by atoms with van der Waals surface area (Å²) >= 11 is 1.11. The fourth-order valence-electron chi connectivity index (χ4n) is 2.55. The third-order valence-electron chi connectivity index (χ3n) is 4.04. The summed E-state index contributed by atoms with van der Waals surface area (Å²) in [4.78, 5) is 48.0. The average Bonchev–Trinajstić information content (AvgIpc) is 3.22. The fraction of sp³-hybridized carbons (Fsp3) is 0.333. The van der Waals surface area contributed by atoms with Crippen molar-refractivity contribution >= 4 is 40.0 Å². The van der Waals surface area contributed by atoms with Crippen molar-refractivity contribution < 1.29 is 33.4 Å². The number of carbonyl (C=O) groups is 4. The lowest BCUT2D eigenvalue weighted by Crippen LogP contribution is -2.36. The van der Waals surface area contributed by atoms with Crippen LogP contribution in [0.4, 0.5) is 5.00 Å². The lowest BCUT2D eigenvalue weighted by atomic mass is 10.2. The highest BCUT2D eigenvalue weighted by Crippen LogP contribution is 2.28. The molecule has 2 rings (SSSR count). The highest BCUT2D eigenvalue weighted by Gasteiger charge is 2.21. The molecule has 1 aromatic carbocycles. The lowest BCUT2D eigenvalue weighted by Gasteiger charge is -2.14. The van der Waals surface area contributed by atoms with E-state index in [0.717, 1.165) is 11.3 Å². The van der Waals surface area contributed by atoms with E-state index in [1.54, 1.807) is 17.5 Å². The van der Waals surface area contributed by atoms with Crippen molar-refractivity contribution in [3.8, 4) is 11.5 Å². The fourth-order valence-corrected chi connectivity index (χ4v) is 3.35. The van der Waals surface area contributed by atoms with Crippen LogP contribution < -0.4 is 25.8 Å². The summed E-state index contributed by atoms with van der Waals surface area (Å²) in [5, 5.41) is 6.78. The van der Waals surface area contributed by atoms with Crippen LogP contribution in [0.1, 0.15) is 41.5 Å². The van der Waals surface area contributed by atoms with Crippen molar-refractivity contribution in [3.63, 3.8) is 0 Å². The first kappa shape index (κ1) is 24.7. The van der Waals surface area contributed by atoms with Gasteiger partial charge in [-0.3, -0.25) is 19.2 Å². The van der Waals surface area contributed by atoms with Gasteiger partial charge in [0.2, 0.25) is 0 Å². The van der Waals surface area contributed by atoms with Gasteiger partial charge in [-0.15, -0.1) is 11.3 Å². The second kappa shape index (κ2) is 11.7. The van der Waals surface area contributed by atoms with Crippen LogP contribution in [-0.2, 0) is 14.3 Å². The molecule has 32 heavy (non-hydrogen) atoms. The number of benzene rings is 1. The Morgan fingerprint density at radius 3 is 2.41 bits per heavy atom. The van der Waals surface area contributed by atoms with Crippen LogP contribution in [0.25, 0.3) is 0 Å². The molecule has 0 fully saturated rings. The normalized spacial score (nSPS) is 11.2. The number of anilines is 1. The molecular formula is C21H25N3O7S. The Bertz CT molecular complexity index is 990. The van der Waals surface area contributed by atoms with Crippen LogP contribution >= 0.6 is 11.3 Å². The summed E-state index contributed by atoms with van der Waals surface area (Å²) in [5.41, 5.74) is 5.67. The number of thiophene rings is 1. The van der Waals surface area contributed by atoms with Crippen molar-refractivity contribution in [2.75, 3.05) is 25.1 Å². The number of ether oxygens (including phenoxy) is 3. The molecule has 172 valence electrons. The second-order valence-electron chi connectivity index (χ2n) is 6.36.